The Kier molecular flexibility index (Phi) is 9.10. The molecule has 6 atom stereocenters. The number of hydrogen-bond acceptors (Lipinski definition) is 5. The maximum absolute atomic E-state index is 14.5. The minimum atomic E-state index is -0.657. The van der Waals surface area contributed by atoms with Crippen molar-refractivity contribution in [1.29, 1.82) is 0 Å². The fraction of sp³-hybridized carbons (Fsp3) is 0.759. The SMILES string of the molecule is C=CCN(CCC)C(=O)[C@@H]1[C@@H]2CCC3(S2)C(C(=O)N(CC=C)C2CCCCC2)N([C@@H](CC)CO)C(=O)[C@H]13. The Balaban J connectivity index is 1.75. The predicted octanol–water partition coefficient (Wildman–Crippen LogP) is 3.62. The maximum Gasteiger partial charge on any atom is 0.247 e. The molecule has 8 heteroatoms. The molecule has 1 N–H and O–H groups in total. The van der Waals surface area contributed by atoms with Gasteiger partial charge in [0.15, 0.2) is 0 Å². The number of aliphatic hydroxyl groups is 1. The molecular weight excluding hydrogens is 486 g/mol. The first-order valence-electron chi connectivity index (χ1n) is 14.3. The van der Waals surface area contributed by atoms with E-state index in [0.29, 0.717) is 26.1 Å². The molecule has 0 aromatic heterocycles. The molecule has 0 radical (unpaired) electrons. The van der Waals surface area contributed by atoms with Crippen molar-refractivity contribution in [3.05, 3.63) is 25.3 Å². The molecule has 1 saturated carbocycles. The van der Waals surface area contributed by atoms with E-state index in [9.17, 15) is 19.5 Å². The number of rotatable bonds is 12. The van der Waals surface area contributed by atoms with E-state index in [0.717, 1.165) is 44.9 Å². The summed E-state index contributed by atoms with van der Waals surface area (Å²) in [5, 5.41) is 10.3. The van der Waals surface area contributed by atoms with E-state index in [2.05, 4.69) is 13.2 Å². The van der Waals surface area contributed by atoms with Crippen LogP contribution in [0.25, 0.3) is 0 Å². The summed E-state index contributed by atoms with van der Waals surface area (Å²) in [6, 6.07) is -0.945. The molecule has 3 aliphatic heterocycles. The third-order valence-corrected chi connectivity index (χ3v) is 11.1. The standard InChI is InChI=1S/C29H45N3O4S/c1-5-16-30(17-6-2)26(34)23-22-14-15-29(37-22)24(23)27(35)32(20(8-4)19-33)25(29)28(36)31(18-7-3)21-12-10-9-11-13-21/h5,7,20-25,33H,1,3,6,8-19H2,2,4H3/t20-,22-,23+,24-,25?,29?/m0/s1. The van der Waals surface area contributed by atoms with E-state index in [4.69, 9.17) is 0 Å². The molecular formula is C29H45N3O4S. The summed E-state index contributed by atoms with van der Waals surface area (Å²) in [7, 11) is 0. The van der Waals surface area contributed by atoms with Crippen molar-refractivity contribution in [2.24, 2.45) is 11.8 Å². The van der Waals surface area contributed by atoms with Crippen LogP contribution >= 0.6 is 11.8 Å². The highest BCUT2D eigenvalue weighted by Gasteiger charge is 2.74. The van der Waals surface area contributed by atoms with Gasteiger partial charge >= 0.3 is 0 Å². The summed E-state index contributed by atoms with van der Waals surface area (Å²) in [6.07, 6.45) is 11.8. The first-order chi connectivity index (χ1) is 17.9. The van der Waals surface area contributed by atoms with Gasteiger partial charge in [0.2, 0.25) is 17.7 Å². The van der Waals surface area contributed by atoms with Crippen LogP contribution in [0.15, 0.2) is 25.3 Å². The van der Waals surface area contributed by atoms with Gasteiger partial charge in [0.05, 0.1) is 29.2 Å². The lowest BCUT2D eigenvalue weighted by molar-refractivity contribution is -0.148. The molecule has 7 nitrogen and oxygen atoms in total. The molecule has 1 spiro atoms. The second-order valence-corrected chi connectivity index (χ2v) is 12.8. The van der Waals surface area contributed by atoms with Gasteiger partial charge in [-0.1, -0.05) is 45.3 Å². The molecule has 37 heavy (non-hydrogen) atoms. The number of thioether (sulfide) groups is 1. The van der Waals surface area contributed by atoms with Crippen LogP contribution in [0.1, 0.15) is 71.6 Å². The van der Waals surface area contributed by atoms with E-state index < -0.39 is 28.7 Å². The minimum Gasteiger partial charge on any atom is -0.394 e. The van der Waals surface area contributed by atoms with Gasteiger partial charge in [0.1, 0.15) is 6.04 Å². The van der Waals surface area contributed by atoms with Gasteiger partial charge in [0, 0.05) is 30.9 Å². The zero-order valence-electron chi connectivity index (χ0n) is 22.6. The van der Waals surface area contributed by atoms with Crippen LogP contribution in [0.5, 0.6) is 0 Å². The van der Waals surface area contributed by atoms with Crippen LogP contribution in [-0.2, 0) is 14.4 Å². The largest absolute Gasteiger partial charge is 0.394 e. The summed E-state index contributed by atoms with van der Waals surface area (Å²) in [6.45, 7) is 13.1. The van der Waals surface area contributed by atoms with E-state index in [1.54, 1.807) is 28.8 Å². The zero-order chi connectivity index (χ0) is 26.7. The first kappa shape index (κ1) is 28.2. The van der Waals surface area contributed by atoms with Gasteiger partial charge in [0.25, 0.3) is 0 Å². The van der Waals surface area contributed by atoms with Crippen molar-refractivity contribution in [2.75, 3.05) is 26.2 Å². The Morgan fingerprint density at radius 3 is 2.43 bits per heavy atom. The molecule has 4 rings (SSSR count). The normalized spacial score (nSPS) is 31.8. The lowest BCUT2D eigenvalue weighted by Crippen LogP contribution is -2.59. The Hall–Kier alpha value is -1.80. The van der Waals surface area contributed by atoms with Crippen molar-refractivity contribution < 1.29 is 19.5 Å². The van der Waals surface area contributed by atoms with E-state index in [1.165, 1.54) is 6.42 Å². The second kappa shape index (κ2) is 11.9. The Labute approximate surface area is 226 Å². The Morgan fingerprint density at radius 1 is 1.14 bits per heavy atom. The summed E-state index contributed by atoms with van der Waals surface area (Å²) < 4.78 is -0.623. The third-order valence-electron chi connectivity index (χ3n) is 9.11. The van der Waals surface area contributed by atoms with Crippen LogP contribution in [0.4, 0.5) is 0 Å². The molecule has 2 bridgehead atoms. The average Bonchev–Trinajstić information content (AvgIpc) is 3.55. The highest BCUT2D eigenvalue weighted by atomic mass is 32.2. The van der Waals surface area contributed by atoms with E-state index >= 15 is 0 Å². The van der Waals surface area contributed by atoms with Gasteiger partial charge in [-0.2, -0.15) is 0 Å². The topological polar surface area (TPSA) is 81.2 Å². The number of carbonyl (C=O) groups excluding carboxylic acids is 3. The first-order valence-corrected chi connectivity index (χ1v) is 15.2. The van der Waals surface area contributed by atoms with E-state index in [-0.39, 0.29) is 35.6 Å². The number of likely N-dealkylation sites (tertiary alicyclic amines) is 1. The summed E-state index contributed by atoms with van der Waals surface area (Å²) in [5.74, 6) is -1.09. The number of carbonyl (C=O) groups is 3. The average molecular weight is 532 g/mol. The fourth-order valence-corrected chi connectivity index (χ4v) is 9.69. The minimum absolute atomic E-state index is 0.0134. The van der Waals surface area contributed by atoms with Crippen LogP contribution < -0.4 is 0 Å². The fourth-order valence-electron chi connectivity index (χ4n) is 7.49. The quantitative estimate of drug-likeness (QED) is 0.389. The van der Waals surface area contributed by atoms with Crippen molar-refractivity contribution in [3.63, 3.8) is 0 Å². The smallest absolute Gasteiger partial charge is 0.247 e. The van der Waals surface area contributed by atoms with E-state index in [1.807, 2.05) is 23.6 Å². The van der Waals surface area contributed by atoms with Gasteiger partial charge < -0.3 is 19.8 Å². The summed E-state index contributed by atoms with van der Waals surface area (Å²) >= 11 is 1.71. The van der Waals surface area contributed by atoms with Crippen molar-refractivity contribution in [1.82, 2.24) is 14.7 Å². The Bertz CT molecular complexity index is 886. The number of hydrogen-bond donors (Lipinski definition) is 1. The molecule has 0 aromatic rings. The number of amides is 3. The van der Waals surface area contributed by atoms with Crippen molar-refractivity contribution in [2.45, 2.75) is 99.8 Å². The summed E-state index contributed by atoms with van der Waals surface area (Å²) in [4.78, 5) is 48.2. The highest BCUT2D eigenvalue weighted by Crippen LogP contribution is 2.67. The number of fused-ring (bicyclic) bond motifs is 1. The second-order valence-electron chi connectivity index (χ2n) is 11.2. The Morgan fingerprint density at radius 2 is 1.84 bits per heavy atom. The van der Waals surface area contributed by atoms with Crippen LogP contribution in [0.3, 0.4) is 0 Å². The monoisotopic (exact) mass is 531 g/mol. The molecule has 1 aliphatic carbocycles. The highest BCUT2D eigenvalue weighted by molar-refractivity contribution is 8.02. The lowest BCUT2D eigenvalue weighted by atomic mass is 9.70. The zero-order valence-corrected chi connectivity index (χ0v) is 23.5. The van der Waals surface area contributed by atoms with Gasteiger partial charge in [-0.3, -0.25) is 14.4 Å². The lowest BCUT2D eigenvalue weighted by Gasteiger charge is -2.42. The van der Waals surface area contributed by atoms with Gasteiger partial charge in [-0.25, -0.2) is 0 Å². The van der Waals surface area contributed by atoms with Gasteiger partial charge in [-0.05, 0) is 38.5 Å². The van der Waals surface area contributed by atoms with Gasteiger partial charge in [-0.15, -0.1) is 24.9 Å². The molecule has 2 unspecified atom stereocenters. The molecule has 4 fully saturated rings. The van der Waals surface area contributed by atoms with Crippen LogP contribution in [0, 0.1) is 11.8 Å². The molecule has 3 saturated heterocycles. The van der Waals surface area contributed by atoms with Crippen LogP contribution in [-0.4, -0.2) is 91.9 Å². The summed E-state index contributed by atoms with van der Waals surface area (Å²) in [5.41, 5.74) is 0. The third kappa shape index (κ3) is 4.77. The number of nitrogens with zero attached hydrogens (tertiary/aromatic N) is 3. The molecule has 3 heterocycles. The predicted molar refractivity (Wildman–Crippen MR) is 148 cm³/mol. The molecule has 4 aliphatic rings. The van der Waals surface area contributed by atoms with Crippen molar-refractivity contribution in [3.8, 4) is 0 Å². The molecule has 206 valence electrons. The number of aliphatic hydroxyl groups excluding tert-OH is 1. The van der Waals surface area contributed by atoms with Crippen molar-refractivity contribution >= 4 is 29.5 Å². The van der Waals surface area contributed by atoms with Crippen LogP contribution in [0.2, 0.25) is 0 Å². The molecule has 0 aromatic carbocycles. The molecule has 3 amide bonds. The maximum atomic E-state index is 14.5.